The van der Waals surface area contributed by atoms with E-state index in [-0.39, 0.29) is 49.3 Å². The van der Waals surface area contributed by atoms with Crippen LogP contribution in [0.3, 0.4) is 0 Å². The van der Waals surface area contributed by atoms with Gasteiger partial charge in [0.25, 0.3) is 15.9 Å². The van der Waals surface area contributed by atoms with E-state index in [9.17, 15) is 21.6 Å². The summed E-state index contributed by atoms with van der Waals surface area (Å²) in [6, 6.07) is 16.2. The van der Waals surface area contributed by atoms with Crippen LogP contribution in [-0.2, 0) is 20.0 Å². The number of hydrogen-bond donors (Lipinski definition) is 2. The number of benzene rings is 3. The molecule has 1 fully saturated rings. The second-order valence-electron chi connectivity index (χ2n) is 9.70. The number of methoxy groups -OCH3 is 1. The zero-order valence-electron chi connectivity index (χ0n) is 21.7. The lowest BCUT2D eigenvalue weighted by Gasteiger charge is -2.34. The van der Waals surface area contributed by atoms with E-state index in [1.165, 1.54) is 59.9 Å². The Morgan fingerprint density at radius 2 is 1.62 bits per heavy atom. The van der Waals surface area contributed by atoms with E-state index >= 15 is 0 Å². The first-order chi connectivity index (χ1) is 18.4. The highest BCUT2D eigenvalue weighted by Crippen LogP contribution is 2.31. The van der Waals surface area contributed by atoms with Crippen molar-refractivity contribution in [2.75, 3.05) is 30.2 Å². The molecule has 1 heterocycles. The Hall–Kier alpha value is -3.12. The Labute approximate surface area is 234 Å². The highest BCUT2D eigenvalue weighted by atomic mass is 35.5. The number of ether oxygens (including phenoxy) is 1. The lowest BCUT2D eigenvalue weighted by molar-refractivity contribution is 0.102. The van der Waals surface area contributed by atoms with Crippen molar-refractivity contribution in [3.8, 4) is 5.75 Å². The van der Waals surface area contributed by atoms with E-state index in [0.29, 0.717) is 13.1 Å². The second kappa shape index (κ2) is 11.5. The van der Waals surface area contributed by atoms with Gasteiger partial charge in [-0.25, -0.2) is 16.8 Å². The summed E-state index contributed by atoms with van der Waals surface area (Å²) in [6.45, 7) is 4.86. The molecule has 0 bridgehead atoms. The highest BCUT2D eigenvalue weighted by molar-refractivity contribution is 7.93. The summed E-state index contributed by atoms with van der Waals surface area (Å²) in [5.41, 5.74) is 0.207. The molecule has 0 unspecified atom stereocenters. The molecule has 9 nitrogen and oxygen atoms in total. The quantitative estimate of drug-likeness (QED) is 0.377. The number of carbonyl (C=O) groups excluding carboxylic acids is 1. The van der Waals surface area contributed by atoms with Crippen LogP contribution < -0.4 is 14.8 Å². The van der Waals surface area contributed by atoms with Crippen LogP contribution in [0.2, 0.25) is 5.02 Å². The third kappa shape index (κ3) is 6.55. The number of anilines is 2. The van der Waals surface area contributed by atoms with Crippen molar-refractivity contribution in [1.82, 2.24) is 4.31 Å². The number of nitrogens with zero attached hydrogens (tertiary/aromatic N) is 1. The molecule has 1 amide bonds. The number of halogens is 1. The van der Waals surface area contributed by atoms with Crippen LogP contribution in [0, 0.1) is 11.8 Å². The molecule has 1 aliphatic heterocycles. The molecular weight excluding hydrogens is 562 g/mol. The summed E-state index contributed by atoms with van der Waals surface area (Å²) >= 11 is 6.13. The van der Waals surface area contributed by atoms with Crippen LogP contribution in [-0.4, -0.2) is 47.2 Å². The van der Waals surface area contributed by atoms with Crippen molar-refractivity contribution >= 4 is 48.9 Å². The number of amides is 1. The maximum atomic E-state index is 13.4. The number of para-hydroxylation sites is 1. The predicted octanol–water partition coefficient (Wildman–Crippen LogP) is 5.07. The third-order valence-corrected chi connectivity index (χ3v) is 9.98. The molecule has 0 spiro atoms. The van der Waals surface area contributed by atoms with Gasteiger partial charge in [0.2, 0.25) is 10.0 Å². The van der Waals surface area contributed by atoms with Crippen molar-refractivity contribution in [3.05, 3.63) is 77.3 Å². The molecule has 0 radical (unpaired) electrons. The largest absolute Gasteiger partial charge is 0.497 e. The Bertz CT molecular complexity index is 1580. The summed E-state index contributed by atoms with van der Waals surface area (Å²) in [5.74, 6) is 0.0343. The van der Waals surface area contributed by atoms with Gasteiger partial charge in [-0.05, 0) is 60.7 Å². The minimum Gasteiger partial charge on any atom is -0.497 e. The number of nitrogens with one attached hydrogen (secondary N) is 2. The first-order valence-electron chi connectivity index (χ1n) is 12.3. The Balaban J connectivity index is 1.63. The van der Waals surface area contributed by atoms with Gasteiger partial charge in [-0.3, -0.25) is 9.52 Å². The summed E-state index contributed by atoms with van der Waals surface area (Å²) in [4.78, 5) is 13.0. The van der Waals surface area contributed by atoms with Crippen LogP contribution in [0.15, 0.2) is 76.5 Å². The van der Waals surface area contributed by atoms with Crippen LogP contribution >= 0.6 is 11.6 Å². The summed E-state index contributed by atoms with van der Waals surface area (Å²) < 4.78 is 62.4. The Morgan fingerprint density at radius 1 is 0.923 bits per heavy atom. The Morgan fingerprint density at radius 3 is 2.28 bits per heavy atom. The molecule has 3 aromatic carbocycles. The number of rotatable bonds is 8. The summed E-state index contributed by atoms with van der Waals surface area (Å²) in [6.07, 6.45) is 0.951. The van der Waals surface area contributed by atoms with E-state index in [0.717, 1.165) is 6.42 Å². The number of hydrogen-bond acceptors (Lipinski definition) is 6. The monoisotopic (exact) mass is 591 g/mol. The van der Waals surface area contributed by atoms with E-state index in [1.54, 1.807) is 18.2 Å². The molecule has 2 atom stereocenters. The zero-order valence-corrected chi connectivity index (χ0v) is 24.1. The van der Waals surface area contributed by atoms with Gasteiger partial charge in [-0.15, -0.1) is 0 Å². The van der Waals surface area contributed by atoms with Crippen LogP contribution in [0.4, 0.5) is 11.4 Å². The van der Waals surface area contributed by atoms with E-state index in [4.69, 9.17) is 16.3 Å². The molecule has 12 heteroatoms. The Kier molecular flexibility index (Phi) is 8.55. The van der Waals surface area contributed by atoms with Crippen molar-refractivity contribution in [2.24, 2.45) is 11.8 Å². The molecular formula is C27H30ClN3O6S2. The fraction of sp³-hybridized carbons (Fsp3) is 0.296. The molecule has 39 heavy (non-hydrogen) atoms. The molecule has 4 rings (SSSR count). The lowest BCUT2D eigenvalue weighted by Crippen LogP contribution is -2.42. The molecule has 1 saturated heterocycles. The van der Waals surface area contributed by atoms with Crippen molar-refractivity contribution in [3.63, 3.8) is 0 Å². The SMILES string of the molecule is COc1ccc(NC(=O)c2cccc(S(=O)(=O)N3C[C@@H](C)C[C@H](C)C3)c2)c(S(=O)(=O)Nc2ccccc2Cl)c1. The van der Waals surface area contributed by atoms with Crippen molar-refractivity contribution in [1.29, 1.82) is 0 Å². The van der Waals surface area contributed by atoms with Crippen LogP contribution in [0.5, 0.6) is 5.75 Å². The maximum absolute atomic E-state index is 13.4. The first-order valence-corrected chi connectivity index (χ1v) is 15.6. The van der Waals surface area contributed by atoms with Crippen molar-refractivity contribution < 1.29 is 26.4 Å². The zero-order chi connectivity index (χ0) is 28.4. The third-order valence-electron chi connectivity index (χ3n) is 6.41. The number of carbonyl (C=O) groups is 1. The van der Waals surface area contributed by atoms with Gasteiger partial charge < -0.3 is 10.1 Å². The van der Waals surface area contributed by atoms with Gasteiger partial charge in [0.15, 0.2) is 0 Å². The molecule has 208 valence electrons. The van der Waals surface area contributed by atoms with Gasteiger partial charge in [-0.2, -0.15) is 4.31 Å². The first kappa shape index (κ1) is 28.9. The average Bonchev–Trinajstić information content (AvgIpc) is 2.89. The van der Waals surface area contributed by atoms with E-state index < -0.39 is 26.0 Å². The fourth-order valence-electron chi connectivity index (χ4n) is 4.64. The topological polar surface area (TPSA) is 122 Å². The minimum atomic E-state index is -4.22. The van der Waals surface area contributed by atoms with Gasteiger partial charge in [0.1, 0.15) is 10.6 Å². The van der Waals surface area contributed by atoms with Gasteiger partial charge in [0.05, 0.1) is 28.4 Å². The standard InChI is InChI=1S/C27H30ClN3O6S2/c1-18-13-19(2)17-31(16-18)39(35,36)22-8-6-7-20(14-22)27(32)29-25-12-11-21(37-3)15-26(25)38(33,34)30-24-10-5-4-9-23(24)28/h4-12,14-15,18-19,30H,13,16-17H2,1-3H3,(H,29,32)/t18-,19-/m0/s1. The van der Waals surface area contributed by atoms with Gasteiger partial charge in [0, 0.05) is 24.7 Å². The molecule has 0 aromatic heterocycles. The number of sulfonamides is 2. The summed E-state index contributed by atoms with van der Waals surface area (Å²) in [7, 11) is -6.64. The van der Waals surface area contributed by atoms with Gasteiger partial charge in [-0.1, -0.05) is 43.6 Å². The normalized spacial score (nSPS) is 18.4. The van der Waals surface area contributed by atoms with Gasteiger partial charge >= 0.3 is 0 Å². The predicted molar refractivity (Wildman–Crippen MR) is 151 cm³/mol. The molecule has 0 saturated carbocycles. The van der Waals surface area contributed by atoms with E-state index in [1.807, 2.05) is 13.8 Å². The minimum absolute atomic E-state index is 0.000544. The molecule has 2 N–H and O–H groups in total. The number of piperidine rings is 1. The second-order valence-corrected chi connectivity index (χ2v) is 13.7. The van der Waals surface area contributed by atoms with Crippen molar-refractivity contribution in [2.45, 2.75) is 30.1 Å². The molecule has 3 aromatic rings. The smallest absolute Gasteiger partial charge is 0.264 e. The van der Waals surface area contributed by atoms with E-state index in [2.05, 4.69) is 10.0 Å². The van der Waals surface area contributed by atoms with Crippen LogP contribution in [0.25, 0.3) is 0 Å². The molecule has 1 aliphatic rings. The average molecular weight is 592 g/mol. The highest BCUT2D eigenvalue weighted by Gasteiger charge is 2.32. The summed E-state index contributed by atoms with van der Waals surface area (Å²) in [5, 5.41) is 2.80. The lowest BCUT2D eigenvalue weighted by atomic mass is 9.94. The fourth-order valence-corrected chi connectivity index (χ4v) is 7.86. The molecule has 0 aliphatic carbocycles. The maximum Gasteiger partial charge on any atom is 0.264 e. The van der Waals surface area contributed by atoms with Crippen LogP contribution in [0.1, 0.15) is 30.6 Å².